The molecule has 0 saturated carbocycles. The van der Waals surface area contributed by atoms with E-state index in [-0.39, 0.29) is 30.4 Å². The average molecular weight is 382 g/mol. The summed E-state index contributed by atoms with van der Waals surface area (Å²) in [6.45, 7) is 7.60. The number of halogens is 1. The average Bonchev–Trinajstić information content (AvgIpc) is 2.65. The molecule has 2 amide bonds. The van der Waals surface area contributed by atoms with Gasteiger partial charge in [-0.05, 0) is 57.0 Å². The number of methoxy groups -OCH3 is 1. The molecule has 1 aromatic rings. The van der Waals surface area contributed by atoms with Crippen LogP contribution in [0.25, 0.3) is 0 Å². The number of nitrogens with zero attached hydrogens (tertiary/aromatic N) is 1. The van der Waals surface area contributed by atoms with E-state index < -0.39 is 0 Å². The topological polar surface area (TPSA) is 84.7 Å². The lowest BCUT2D eigenvalue weighted by Crippen LogP contribution is -2.44. The number of carbonyl (C=O) groups is 2. The zero-order valence-electron chi connectivity index (χ0n) is 16.0. The molecule has 0 heterocycles. The number of rotatable bonds is 8. The van der Waals surface area contributed by atoms with E-state index in [0.29, 0.717) is 17.0 Å². The SMILES string of the molecule is CC/C(CC(=O)NN)=C(/C)N(C(=O)c1ccc(Cl)cc1)C(C)[C@H](C)OC. The fourth-order valence-corrected chi connectivity index (χ4v) is 2.83. The maximum atomic E-state index is 13.2. The molecule has 26 heavy (non-hydrogen) atoms. The van der Waals surface area contributed by atoms with Gasteiger partial charge >= 0.3 is 0 Å². The predicted octanol–water partition coefficient (Wildman–Crippen LogP) is 3.27. The summed E-state index contributed by atoms with van der Waals surface area (Å²) in [5, 5.41) is 0.563. The molecule has 2 atom stereocenters. The standard InChI is InChI=1S/C19H28ClN3O3/c1-6-15(11-18(24)22-21)13(3)23(12(2)14(4)26-5)19(25)16-7-9-17(20)10-8-16/h7-10,12,14H,6,11,21H2,1-5H3,(H,22,24)/b15-13+/t12?,14-/m0/s1. The number of benzene rings is 1. The minimum Gasteiger partial charge on any atom is -0.380 e. The Morgan fingerprint density at radius 3 is 2.31 bits per heavy atom. The maximum absolute atomic E-state index is 13.2. The van der Waals surface area contributed by atoms with Crippen molar-refractivity contribution < 1.29 is 14.3 Å². The molecule has 6 nitrogen and oxygen atoms in total. The third kappa shape index (κ3) is 5.56. The third-order valence-corrected chi connectivity index (χ3v) is 4.86. The van der Waals surface area contributed by atoms with Crippen molar-refractivity contribution in [2.75, 3.05) is 7.11 Å². The summed E-state index contributed by atoms with van der Waals surface area (Å²) >= 11 is 5.93. The van der Waals surface area contributed by atoms with Gasteiger partial charge in [0.1, 0.15) is 0 Å². The van der Waals surface area contributed by atoms with Crippen molar-refractivity contribution in [1.82, 2.24) is 10.3 Å². The molecule has 0 saturated heterocycles. The first-order valence-corrected chi connectivity index (χ1v) is 8.94. The Morgan fingerprint density at radius 2 is 1.85 bits per heavy atom. The van der Waals surface area contributed by atoms with Gasteiger partial charge in [-0.15, -0.1) is 0 Å². The van der Waals surface area contributed by atoms with Crippen molar-refractivity contribution in [2.45, 2.75) is 52.7 Å². The van der Waals surface area contributed by atoms with Gasteiger partial charge in [-0.3, -0.25) is 15.0 Å². The Kier molecular flexibility index (Phi) is 8.78. The van der Waals surface area contributed by atoms with Gasteiger partial charge in [0.15, 0.2) is 0 Å². The first kappa shape index (κ1) is 22.2. The van der Waals surface area contributed by atoms with E-state index in [1.165, 1.54) is 0 Å². The highest BCUT2D eigenvalue weighted by atomic mass is 35.5. The quantitative estimate of drug-likeness (QED) is 0.411. The molecule has 0 aliphatic rings. The molecular weight excluding hydrogens is 354 g/mol. The summed E-state index contributed by atoms with van der Waals surface area (Å²) in [5.74, 6) is 4.74. The lowest BCUT2D eigenvalue weighted by atomic mass is 10.0. The molecule has 0 radical (unpaired) electrons. The zero-order chi connectivity index (χ0) is 19.9. The number of hydrazine groups is 1. The number of ether oxygens (including phenoxy) is 1. The lowest BCUT2D eigenvalue weighted by Gasteiger charge is -2.34. The first-order valence-electron chi connectivity index (χ1n) is 8.56. The van der Waals surface area contributed by atoms with E-state index in [0.717, 1.165) is 11.3 Å². The van der Waals surface area contributed by atoms with Gasteiger partial charge in [0.2, 0.25) is 5.91 Å². The zero-order valence-corrected chi connectivity index (χ0v) is 16.8. The van der Waals surface area contributed by atoms with E-state index in [1.807, 2.05) is 27.7 Å². The van der Waals surface area contributed by atoms with Crippen molar-refractivity contribution in [1.29, 1.82) is 0 Å². The molecule has 0 spiro atoms. The highest BCUT2D eigenvalue weighted by molar-refractivity contribution is 6.30. The Bertz CT molecular complexity index is 658. The number of hydrogen-bond donors (Lipinski definition) is 2. The predicted molar refractivity (Wildman–Crippen MR) is 103 cm³/mol. The van der Waals surface area contributed by atoms with Crippen molar-refractivity contribution in [3.63, 3.8) is 0 Å². The minimum atomic E-state index is -0.299. The van der Waals surface area contributed by atoms with Crippen LogP contribution in [0.15, 0.2) is 35.5 Å². The molecule has 7 heteroatoms. The summed E-state index contributed by atoms with van der Waals surface area (Å²) in [6.07, 6.45) is 0.567. The second-order valence-electron chi connectivity index (χ2n) is 6.15. The third-order valence-electron chi connectivity index (χ3n) is 4.60. The van der Waals surface area contributed by atoms with E-state index in [2.05, 4.69) is 5.43 Å². The minimum absolute atomic E-state index is 0.136. The van der Waals surface area contributed by atoms with Crippen molar-refractivity contribution in [3.05, 3.63) is 46.1 Å². The maximum Gasteiger partial charge on any atom is 0.258 e. The number of allylic oxidation sites excluding steroid dienone is 1. The van der Waals surface area contributed by atoms with Gasteiger partial charge in [0.25, 0.3) is 5.91 Å². The van der Waals surface area contributed by atoms with Gasteiger partial charge in [-0.2, -0.15) is 0 Å². The van der Waals surface area contributed by atoms with E-state index in [1.54, 1.807) is 36.3 Å². The fourth-order valence-electron chi connectivity index (χ4n) is 2.71. The van der Waals surface area contributed by atoms with Gasteiger partial charge in [-0.25, -0.2) is 5.84 Å². The summed E-state index contributed by atoms with van der Waals surface area (Å²) in [7, 11) is 1.60. The number of nitrogens with two attached hydrogens (primary N) is 1. The fraction of sp³-hybridized carbons (Fsp3) is 0.474. The molecule has 0 bridgehead atoms. The van der Waals surface area contributed by atoms with Crippen LogP contribution in [0.5, 0.6) is 0 Å². The molecule has 1 aromatic carbocycles. The van der Waals surface area contributed by atoms with Gasteiger partial charge in [0.05, 0.1) is 18.6 Å². The highest BCUT2D eigenvalue weighted by Crippen LogP contribution is 2.24. The number of nitrogens with one attached hydrogen (secondary N) is 1. The normalized spacial score (nSPS) is 14.3. The molecule has 0 aromatic heterocycles. The molecule has 0 fully saturated rings. The van der Waals surface area contributed by atoms with Crippen LogP contribution in [0.2, 0.25) is 5.02 Å². The summed E-state index contributed by atoms with van der Waals surface area (Å²) in [4.78, 5) is 26.6. The number of amides is 2. The smallest absolute Gasteiger partial charge is 0.258 e. The molecule has 3 N–H and O–H groups in total. The van der Waals surface area contributed by atoms with Crippen LogP contribution in [0, 0.1) is 0 Å². The van der Waals surface area contributed by atoms with Crippen LogP contribution >= 0.6 is 11.6 Å². The van der Waals surface area contributed by atoms with Crippen molar-refractivity contribution in [3.8, 4) is 0 Å². The summed E-state index contributed by atoms with van der Waals surface area (Å²) in [5.41, 5.74) is 4.22. The number of carbonyl (C=O) groups excluding carboxylic acids is 2. The summed E-state index contributed by atoms with van der Waals surface area (Å²) in [6, 6.07) is 6.50. The van der Waals surface area contributed by atoms with E-state index in [9.17, 15) is 9.59 Å². The Morgan fingerprint density at radius 1 is 1.27 bits per heavy atom. The molecule has 0 aliphatic carbocycles. The number of hydrogen-bond acceptors (Lipinski definition) is 4. The molecule has 144 valence electrons. The van der Waals surface area contributed by atoms with Gasteiger partial charge in [0, 0.05) is 23.4 Å². The van der Waals surface area contributed by atoms with Crippen LogP contribution in [0.3, 0.4) is 0 Å². The van der Waals surface area contributed by atoms with Crippen LogP contribution in [0.4, 0.5) is 0 Å². The van der Waals surface area contributed by atoms with Crippen molar-refractivity contribution in [2.24, 2.45) is 5.84 Å². The van der Waals surface area contributed by atoms with Crippen LogP contribution in [-0.2, 0) is 9.53 Å². The van der Waals surface area contributed by atoms with Crippen LogP contribution in [-0.4, -0.2) is 36.0 Å². The molecule has 1 rings (SSSR count). The molecule has 1 unspecified atom stereocenters. The summed E-state index contributed by atoms with van der Waals surface area (Å²) < 4.78 is 5.43. The van der Waals surface area contributed by atoms with Crippen molar-refractivity contribution >= 4 is 23.4 Å². The van der Waals surface area contributed by atoms with E-state index in [4.69, 9.17) is 22.2 Å². The Labute approximate surface area is 160 Å². The second-order valence-corrected chi connectivity index (χ2v) is 6.59. The molecule has 0 aliphatic heterocycles. The Balaban J connectivity index is 3.37. The largest absolute Gasteiger partial charge is 0.380 e. The monoisotopic (exact) mass is 381 g/mol. The van der Waals surface area contributed by atoms with Crippen LogP contribution in [0.1, 0.15) is 50.9 Å². The second kappa shape index (κ2) is 10.3. The van der Waals surface area contributed by atoms with Crippen LogP contribution < -0.4 is 11.3 Å². The molecular formula is C19H28ClN3O3. The Hall–Kier alpha value is -1.89. The lowest BCUT2D eigenvalue weighted by molar-refractivity contribution is -0.120. The van der Waals surface area contributed by atoms with E-state index >= 15 is 0 Å². The first-order chi connectivity index (χ1) is 12.3. The highest BCUT2D eigenvalue weighted by Gasteiger charge is 2.28. The van der Waals surface area contributed by atoms with Gasteiger partial charge in [-0.1, -0.05) is 18.5 Å². The van der Waals surface area contributed by atoms with Gasteiger partial charge < -0.3 is 9.64 Å².